The third-order valence-electron chi connectivity index (χ3n) is 10.8. The lowest BCUT2D eigenvalue weighted by Gasteiger charge is -2.39. The summed E-state index contributed by atoms with van der Waals surface area (Å²) in [5.41, 5.74) is 0.799. The van der Waals surface area contributed by atoms with E-state index in [-0.39, 0.29) is 74.1 Å². The molecule has 14 heteroatoms. The second kappa shape index (κ2) is 22.1. The minimum atomic E-state index is -1.00. The van der Waals surface area contributed by atoms with Crippen LogP contribution in [0.1, 0.15) is 114 Å². The lowest BCUT2D eigenvalue weighted by molar-refractivity contribution is -0.150. The molecule has 1 aromatic heterocycles. The minimum Gasteiger partial charge on any atom is -0.481 e. The molecule has 1 aromatic carbocycles. The van der Waals surface area contributed by atoms with Crippen molar-refractivity contribution in [2.75, 3.05) is 33.9 Å². The number of hydrogen-bond donors (Lipinski definition) is 2. The number of halogens is 1. The number of ketones is 1. The Balaban J connectivity index is 1.90. The van der Waals surface area contributed by atoms with Gasteiger partial charge in [-0.15, -0.1) is 11.3 Å². The quantitative estimate of drug-likeness (QED) is 0.129. The number of nitrogens with zero attached hydrogens (tertiary/aromatic N) is 3. The van der Waals surface area contributed by atoms with E-state index in [0.29, 0.717) is 11.4 Å². The molecule has 12 nitrogen and oxygen atoms in total. The van der Waals surface area contributed by atoms with Crippen molar-refractivity contribution < 1.29 is 42.9 Å². The fourth-order valence-corrected chi connectivity index (χ4v) is 8.14. The van der Waals surface area contributed by atoms with Crippen molar-refractivity contribution in [1.82, 2.24) is 20.1 Å². The van der Waals surface area contributed by atoms with E-state index in [1.807, 2.05) is 34.7 Å². The van der Waals surface area contributed by atoms with E-state index in [4.69, 9.17) is 9.47 Å². The number of carboxylic acid groups (broad SMARTS) is 1. The lowest BCUT2D eigenvalue weighted by atomic mass is 9.82. The number of piperidine rings is 1. The van der Waals surface area contributed by atoms with E-state index in [2.05, 4.69) is 15.2 Å². The highest BCUT2D eigenvalue weighted by Gasteiger charge is 2.39. The van der Waals surface area contributed by atoms with Crippen LogP contribution < -0.4 is 5.32 Å². The molecule has 0 aliphatic carbocycles. The van der Waals surface area contributed by atoms with Crippen LogP contribution in [0.2, 0.25) is 0 Å². The number of carboxylic acids is 1. The molecule has 1 fully saturated rings. The summed E-state index contributed by atoms with van der Waals surface area (Å²) in [6.07, 6.45) is 3.38. The van der Waals surface area contributed by atoms with E-state index in [0.717, 1.165) is 42.7 Å². The maximum Gasteiger partial charge on any atom is 0.306 e. The second-order valence-electron chi connectivity index (χ2n) is 15.4. The number of hydrogen-bond acceptors (Lipinski definition) is 10. The number of benzene rings is 1. The Morgan fingerprint density at radius 3 is 2.36 bits per heavy atom. The van der Waals surface area contributed by atoms with Gasteiger partial charge in [-0.3, -0.25) is 28.9 Å². The van der Waals surface area contributed by atoms with Crippen LogP contribution in [-0.2, 0) is 35.1 Å². The van der Waals surface area contributed by atoms with E-state index < -0.39 is 53.7 Å². The molecule has 306 valence electrons. The van der Waals surface area contributed by atoms with Gasteiger partial charge in [0, 0.05) is 56.8 Å². The van der Waals surface area contributed by atoms with Crippen molar-refractivity contribution in [3.8, 4) is 0 Å². The summed E-state index contributed by atoms with van der Waals surface area (Å²) >= 11 is 1.15. The number of carbonyl (C=O) groups excluding carboxylic acids is 4. The molecule has 1 aliphatic heterocycles. The standard InChI is InChI=1S/C41H61FN4O8S/c1-9-26(4)32(22-36(48)34-12-10-11-17-45(34)7)40(50)46(18-19-53-8)35(25(2)3)23-37(54-28(6)47)39-44-33(24-55-39)38(49)43-31(20-27(5)41(51)52)21-29-13-15-30(42)16-14-29/h13-16,24-27,31-32,34-35,37H,9-12,17-23H2,1-8H3,(H,43,49)(H,51,52)/t26?,27-,31+,32?,34?,35+,37+/m0/s1. The number of likely N-dealkylation sites (N-methyl/N-ethyl adjacent to an activating group) is 1. The third kappa shape index (κ3) is 13.7. The number of rotatable bonds is 22. The minimum absolute atomic E-state index is 0.0575. The number of thiazole rings is 1. The van der Waals surface area contributed by atoms with Crippen LogP contribution in [0.15, 0.2) is 29.6 Å². The smallest absolute Gasteiger partial charge is 0.306 e. The van der Waals surface area contributed by atoms with Gasteiger partial charge in [-0.2, -0.15) is 0 Å². The van der Waals surface area contributed by atoms with Crippen molar-refractivity contribution in [3.05, 3.63) is 51.7 Å². The van der Waals surface area contributed by atoms with Crippen LogP contribution in [-0.4, -0.2) is 101 Å². The molecule has 2 amide bonds. The number of amides is 2. The second-order valence-corrected chi connectivity index (χ2v) is 16.3. The van der Waals surface area contributed by atoms with Crippen LogP contribution in [0.5, 0.6) is 0 Å². The number of carbonyl (C=O) groups is 5. The van der Waals surface area contributed by atoms with E-state index in [1.165, 1.54) is 19.1 Å². The van der Waals surface area contributed by atoms with Gasteiger partial charge in [0.1, 0.15) is 16.5 Å². The molecule has 55 heavy (non-hydrogen) atoms. The van der Waals surface area contributed by atoms with Gasteiger partial charge in [-0.05, 0) is 68.8 Å². The molecular formula is C41H61FN4O8S. The predicted molar refractivity (Wildman–Crippen MR) is 209 cm³/mol. The van der Waals surface area contributed by atoms with Crippen LogP contribution >= 0.6 is 11.3 Å². The normalized spacial score (nSPS) is 18.1. The average molecular weight is 789 g/mol. The molecule has 0 saturated carbocycles. The lowest BCUT2D eigenvalue weighted by Crippen LogP contribution is -2.50. The zero-order chi connectivity index (χ0) is 40.8. The molecule has 0 bridgehead atoms. The van der Waals surface area contributed by atoms with Gasteiger partial charge >= 0.3 is 11.9 Å². The Hall–Kier alpha value is -3.75. The number of Topliss-reactive ketones (excluding diaryl/α,β-unsaturated/α-hetero) is 1. The van der Waals surface area contributed by atoms with E-state index in [9.17, 15) is 33.5 Å². The molecule has 0 radical (unpaired) electrons. The topological polar surface area (TPSA) is 155 Å². The summed E-state index contributed by atoms with van der Waals surface area (Å²) in [4.78, 5) is 74.6. The molecular weight excluding hydrogens is 728 g/mol. The number of aromatic nitrogens is 1. The molecule has 2 heterocycles. The van der Waals surface area contributed by atoms with Crippen molar-refractivity contribution >= 4 is 40.9 Å². The summed E-state index contributed by atoms with van der Waals surface area (Å²) in [6, 6.07) is 4.57. The predicted octanol–water partition coefficient (Wildman–Crippen LogP) is 6.33. The van der Waals surface area contributed by atoms with Crippen LogP contribution in [0.4, 0.5) is 4.39 Å². The van der Waals surface area contributed by atoms with Crippen LogP contribution in [0.25, 0.3) is 0 Å². The molecule has 3 rings (SSSR count). The highest BCUT2D eigenvalue weighted by Crippen LogP contribution is 2.33. The Bertz CT molecular complexity index is 1570. The van der Waals surface area contributed by atoms with Gasteiger partial charge in [0.05, 0.1) is 18.6 Å². The molecule has 2 aromatic rings. The Morgan fingerprint density at radius 1 is 1.09 bits per heavy atom. The monoisotopic (exact) mass is 788 g/mol. The number of aliphatic carboxylic acids is 1. The first kappa shape index (κ1) is 45.6. The third-order valence-corrected chi connectivity index (χ3v) is 11.7. The fourth-order valence-electron chi connectivity index (χ4n) is 7.30. The van der Waals surface area contributed by atoms with Crippen LogP contribution in [0.3, 0.4) is 0 Å². The molecule has 1 aliphatic rings. The summed E-state index contributed by atoms with van der Waals surface area (Å²) in [6.45, 7) is 12.2. The molecule has 3 unspecified atom stereocenters. The first-order valence-electron chi connectivity index (χ1n) is 19.5. The first-order chi connectivity index (χ1) is 26.1. The average Bonchev–Trinajstić information content (AvgIpc) is 3.64. The van der Waals surface area contributed by atoms with Gasteiger partial charge in [-0.1, -0.05) is 59.6 Å². The zero-order valence-electron chi connectivity index (χ0n) is 33.7. The summed E-state index contributed by atoms with van der Waals surface area (Å²) in [5.74, 6) is -4.00. The highest BCUT2D eigenvalue weighted by atomic mass is 32.1. The highest BCUT2D eigenvalue weighted by molar-refractivity contribution is 7.09. The van der Waals surface area contributed by atoms with Crippen molar-refractivity contribution in [2.45, 2.75) is 117 Å². The molecule has 0 spiro atoms. The van der Waals surface area contributed by atoms with Gasteiger partial charge in [0.15, 0.2) is 11.9 Å². The number of esters is 1. The molecule has 1 saturated heterocycles. The Labute approximate surface area is 329 Å². The van der Waals surface area contributed by atoms with Crippen LogP contribution in [0, 0.1) is 29.5 Å². The van der Waals surface area contributed by atoms with Crippen molar-refractivity contribution in [1.29, 1.82) is 0 Å². The Morgan fingerprint density at radius 2 is 1.78 bits per heavy atom. The number of ether oxygens (including phenoxy) is 2. The molecule has 2 N–H and O–H groups in total. The van der Waals surface area contributed by atoms with E-state index >= 15 is 0 Å². The summed E-state index contributed by atoms with van der Waals surface area (Å²) in [7, 11) is 3.54. The van der Waals surface area contributed by atoms with Gasteiger partial charge in [0.25, 0.3) is 5.91 Å². The summed E-state index contributed by atoms with van der Waals surface area (Å²) in [5, 5.41) is 14.4. The Kier molecular flexibility index (Phi) is 18.3. The number of likely N-dealkylation sites (tertiary alicyclic amines) is 1. The van der Waals surface area contributed by atoms with Gasteiger partial charge in [0.2, 0.25) is 5.91 Å². The first-order valence-corrected chi connectivity index (χ1v) is 20.4. The van der Waals surface area contributed by atoms with Crippen molar-refractivity contribution in [2.24, 2.45) is 23.7 Å². The van der Waals surface area contributed by atoms with Crippen molar-refractivity contribution in [3.63, 3.8) is 0 Å². The number of nitrogens with one attached hydrogen (secondary N) is 1. The maximum atomic E-state index is 14.7. The van der Waals surface area contributed by atoms with Gasteiger partial charge in [-0.25, -0.2) is 9.37 Å². The van der Waals surface area contributed by atoms with Gasteiger partial charge < -0.3 is 24.8 Å². The van der Waals surface area contributed by atoms with E-state index in [1.54, 1.807) is 36.4 Å². The SMILES string of the molecule is CCC(C)C(CC(=O)C1CCCCN1C)C(=O)N(CCOC)[C@H](C[C@@H](OC(C)=O)c1nc(C(=O)N[C@@H](Cc2ccc(F)cc2)C[C@H](C)C(=O)O)cs1)C(C)C. The number of methoxy groups -OCH3 is 1. The molecule has 7 atom stereocenters. The largest absolute Gasteiger partial charge is 0.481 e. The summed E-state index contributed by atoms with van der Waals surface area (Å²) < 4.78 is 24.8. The maximum absolute atomic E-state index is 14.7. The zero-order valence-corrected chi connectivity index (χ0v) is 34.5. The fraction of sp³-hybridized carbons (Fsp3) is 0.659.